The van der Waals surface area contributed by atoms with Crippen molar-refractivity contribution in [3.05, 3.63) is 71.9 Å². The van der Waals surface area contributed by atoms with Gasteiger partial charge in [0, 0.05) is 25.4 Å². The fourth-order valence-electron chi connectivity index (χ4n) is 2.41. The van der Waals surface area contributed by atoms with E-state index in [0.29, 0.717) is 18.0 Å². The maximum atomic E-state index is 12.4. The third kappa shape index (κ3) is 5.35. The molecule has 0 bridgehead atoms. The van der Waals surface area contributed by atoms with Crippen LogP contribution in [0.5, 0.6) is 0 Å². The summed E-state index contributed by atoms with van der Waals surface area (Å²) in [6.45, 7) is 4.74. The number of carbonyl (C=O) groups is 1. The van der Waals surface area contributed by atoms with Gasteiger partial charge in [0.25, 0.3) is 5.91 Å². The lowest BCUT2D eigenvalue weighted by Gasteiger charge is -2.22. The Hall–Kier alpha value is -3.30. The molecule has 0 aliphatic heterocycles. The van der Waals surface area contributed by atoms with Gasteiger partial charge in [0.15, 0.2) is 11.5 Å². The highest BCUT2D eigenvalue weighted by Crippen LogP contribution is 2.16. The average Bonchev–Trinajstić information content (AvgIpc) is 3.35. The Bertz CT molecular complexity index is 991. The van der Waals surface area contributed by atoms with Crippen LogP contribution in [0.25, 0.3) is 0 Å². The molecule has 0 aliphatic rings. The minimum Gasteiger partial charge on any atom is -0.443 e. The third-order valence-electron chi connectivity index (χ3n) is 4.32. The molecule has 0 saturated carbocycles. The summed E-state index contributed by atoms with van der Waals surface area (Å²) in [6, 6.07) is 12.9. The molecule has 1 N–H and O–H groups in total. The molecule has 0 unspecified atom stereocenters. The van der Waals surface area contributed by atoms with E-state index >= 15 is 0 Å². The molecule has 2 heterocycles. The zero-order valence-electron chi connectivity index (χ0n) is 16.2. The summed E-state index contributed by atoms with van der Waals surface area (Å²) in [5.74, 6) is 6.21. The fraction of sp³-hybridized carbons (Fsp3) is 0.273. The van der Waals surface area contributed by atoms with Gasteiger partial charge in [0.2, 0.25) is 0 Å². The van der Waals surface area contributed by atoms with Crippen LogP contribution < -0.4 is 5.32 Å². The van der Waals surface area contributed by atoms with Crippen LogP contribution in [0, 0.1) is 11.8 Å². The number of rotatable bonds is 6. The summed E-state index contributed by atoms with van der Waals surface area (Å²) >= 11 is 0. The van der Waals surface area contributed by atoms with E-state index in [1.165, 1.54) is 0 Å². The lowest BCUT2D eigenvalue weighted by Crippen LogP contribution is -2.24. The molecule has 0 saturated heterocycles. The lowest BCUT2D eigenvalue weighted by molar-refractivity contribution is 0.0113. The van der Waals surface area contributed by atoms with Crippen LogP contribution >= 0.6 is 0 Å². The van der Waals surface area contributed by atoms with Crippen LogP contribution in [0.2, 0.25) is 0 Å². The van der Waals surface area contributed by atoms with Gasteiger partial charge in [-0.1, -0.05) is 24.1 Å². The Morgan fingerprint density at radius 1 is 1.21 bits per heavy atom. The molecular weight excluding hydrogens is 354 g/mol. The zero-order chi connectivity index (χ0) is 20.0. The van der Waals surface area contributed by atoms with Gasteiger partial charge in [-0.15, -0.1) is 0 Å². The second kappa shape index (κ2) is 8.59. The molecule has 6 heteroatoms. The van der Waals surface area contributed by atoms with Crippen LogP contribution in [0.4, 0.5) is 5.69 Å². The van der Waals surface area contributed by atoms with Crippen LogP contribution in [0.1, 0.15) is 42.1 Å². The maximum Gasteiger partial charge on any atom is 0.291 e. The van der Waals surface area contributed by atoms with Crippen LogP contribution in [-0.4, -0.2) is 28.4 Å². The van der Waals surface area contributed by atoms with Crippen molar-refractivity contribution < 1.29 is 13.9 Å². The van der Waals surface area contributed by atoms with E-state index in [0.717, 1.165) is 12.0 Å². The molecule has 1 amide bonds. The first kappa shape index (κ1) is 19.5. The maximum absolute atomic E-state index is 12.4. The number of hydrogen-bond donors (Lipinski definition) is 1. The highest BCUT2D eigenvalue weighted by atomic mass is 16.5. The number of nitrogens with one attached hydrogen (secondary N) is 1. The summed E-state index contributed by atoms with van der Waals surface area (Å²) in [6.07, 6.45) is 4.19. The number of ether oxygens (including phenoxy) is 1. The molecule has 3 aromatic rings. The molecule has 0 spiro atoms. The predicted molar refractivity (Wildman–Crippen MR) is 107 cm³/mol. The summed E-state index contributed by atoms with van der Waals surface area (Å²) in [4.78, 5) is 12.4. The highest BCUT2D eigenvalue weighted by molar-refractivity contribution is 6.02. The normalized spacial score (nSPS) is 11.0. The molecule has 0 aliphatic carbocycles. The van der Waals surface area contributed by atoms with E-state index in [1.807, 2.05) is 44.2 Å². The van der Waals surface area contributed by atoms with Gasteiger partial charge in [-0.2, -0.15) is 5.10 Å². The van der Waals surface area contributed by atoms with Crippen molar-refractivity contribution in [2.75, 3.05) is 12.4 Å². The standard InChI is InChI=1S/C22H23N3O3/c1-22(2,27-3)13-14-25-16-18(15-23-25)24-21(26)20-12-11-19(28-20)10-9-17-7-5-4-6-8-17/h4-8,11-12,15-16H,13-14H2,1-3H3,(H,24,26). The van der Waals surface area contributed by atoms with E-state index in [1.54, 1.807) is 36.3 Å². The smallest absolute Gasteiger partial charge is 0.291 e. The summed E-state index contributed by atoms with van der Waals surface area (Å²) in [5.41, 5.74) is 1.27. The van der Waals surface area contributed by atoms with Gasteiger partial charge >= 0.3 is 0 Å². The van der Waals surface area contributed by atoms with Crippen molar-refractivity contribution in [2.45, 2.75) is 32.4 Å². The van der Waals surface area contributed by atoms with Crippen molar-refractivity contribution in [3.63, 3.8) is 0 Å². The predicted octanol–water partition coefficient (Wildman–Crippen LogP) is 3.94. The number of hydrogen-bond acceptors (Lipinski definition) is 4. The molecule has 144 valence electrons. The second-order valence-electron chi connectivity index (χ2n) is 6.94. The van der Waals surface area contributed by atoms with Crippen LogP contribution in [0.3, 0.4) is 0 Å². The van der Waals surface area contributed by atoms with Crippen molar-refractivity contribution in [1.29, 1.82) is 0 Å². The number of carbonyl (C=O) groups excluding carboxylic acids is 1. The van der Waals surface area contributed by atoms with Crippen molar-refractivity contribution >= 4 is 11.6 Å². The SMILES string of the molecule is COC(C)(C)CCn1cc(NC(=O)c2ccc(C#Cc3ccccc3)o2)cn1. The number of benzene rings is 1. The minimum atomic E-state index is -0.343. The summed E-state index contributed by atoms with van der Waals surface area (Å²) in [5, 5.41) is 7.04. The number of anilines is 1. The number of aromatic nitrogens is 2. The number of aryl methyl sites for hydroxylation is 1. The molecule has 0 atom stereocenters. The van der Waals surface area contributed by atoms with Gasteiger partial charge in [0.05, 0.1) is 17.5 Å². The third-order valence-corrected chi connectivity index (χ3v) is 4.32. The Kier molecular flexibility index (Phi) is 5.97. The average molecular weight is 377 g/mol. The topological polar surface area (TPSA) is 69.3 Å². The molecule has 1 aromatic carbocycles. The number of methoxy groups -OCH3 is 1. The number of amides is 1. The Morgan fingerprint density at radius 2 is 2.00 bits per heavy atom. The van der Waals surface area contributed by atoms with Gasteiger partial charge in [-0.3, -0.25) is 9.48 Å². The van der Waals surface area contributed by atoms with Crippen molar-refractivity contribution in [2.24, 2.45) is 0 Å². The highest BCUT2D eigenvalue weighted by Gasteiger charge is 2.17. The largest absolute Gasteiger partial charge is 0.443 e. The van der Waals surface area contributed by atoms with E-state index < -0.39 is 0 Å². The van der Waals surface area contributed by atoms with E-state index in [9.17, 15) is 4.79 Å². The van der Waals surface area contributed by atoms with Crippen LogP contribution in [0.15, 0.2) is 59.3 Å². The first-order chi connectivity index (χ1) is 13.4. The van der Waals surface area contributed by atoms with E-state index in [-0.39, 0.29) is 17.3 Å². The van der Waals surface area contributed by atoms with Gasteiger partial charge in [0.1, 0.15) is 0 Å². The van der Waals surface area contributed by atoms with Crippen molar-refractivity contribution in [1.82, 2.24) is 9.78 Å². The monoisotopic (exact) mass is 377 g/mol. The Morgan fingerprint density at radius 3 is 2.75 bits per heavy atom. The summed E-state index contributed by atoms with van der Waals surface area (Å²) in [7, 11) is 1.69. The van der Waals surface area contributed by atoms with Crippen LogP contribution in [-0.2, 0) is 11.3 Å². The molecule has 28 heavy (non-hydrogen) atoms. The zero-order valence-corrected chi connectivity index (χ0v) is 16.2. The molecule has 6 nitrogen and oxygen atoms in total. The van der Waals surface area contributed by atoms with E-state index in [2.05, 4.69) is 22.3 Å². The first-order valence-electron chi connectivity index (χ1n) is 9.01. The lowest BCUT2D eigenvalue weighted by atomic mass is 10.1. The first-order valence-corrected chi connectivity index (χ1v) is 9.01. The summed E-state index contributed by atoms with van der Waals surface area (Å²) < 4.78 is 12.7. The van der Waals surface area contributed by atoms with Gasteiger partial charge < -0.3 is 14.5 Å². The Balaban J connectivity index is 1.59. The second-order valence-corrected chi connectivity index (χ2v) is 6.94. The fourth-order valence-corrected chi connectivity index (χ4v) is 2.41. The Labute approximate surface area is 164 Å². The van der Waals surface area contributed by atoms with E-state index in [4.69, 9.17) is 9.15 Å². The molecule has 2 aromatic heterocycles. The van der Waals surface area contributed by atoms with Gasteiger partial charge in [-0.05, 0) is 50.5 Å². The van der Waals surface area contributed by atoms with Gasteiger partial charge in [-0.25, -0.2) is 0 Å². The number of furan rings is 1. The minimum absolute atomic E-state index is 0.200. The van der Waals surface area contributed by atoms with Crippen molar-refractivity contribution in [3.8, 4) is 11.8 Å². The molecule has 0 radical (unpaired) electrons. The number of nitrogens with zero attached hydrogens (tertiary/aromatic N) is 2. The molecular formula is C22H23N3O3. The quantitative estimate of drug-likeness (QED) is 0.661. The molecule has 0 fully saturated rings. The molecule has 3 rings (SSSR count).